The van der Waals surface area contributed by atoms with Gasteiger partial charge in [-0.2, -0.15) is 15.0 Å². The Morgan fingerprint density at radius 2 is 1.88 bits per heavy atom. The summed E-state index contributed by atoms with van der Waals surface area (Å²) in [6.45, 7) is 8.29. The van der Waals surface area contributed by atoms with Crippen LogP contribution in [-0.4, -0.2) is 26.1 Å². The van der Waals surface area contributed by atoms with Gasteiger partial charge < -0.3 is 15.2 Å². The molecule has 7 nitrogen and oxygen atoms in total. The number of aromatic carboxylic acids is 1. The standard InChI is InChI=1S/C27H24N4O3/c1-15-11-20-16(2)13-25(18-9-10-23-24(14-18)30-31(4)29-23)34-26(20)21(12-15)17(3)28-22-8-6-5-7-19(22)27(32)33/h5-14,17,28H,2H2,1,3-4H3,(H,32,33). The lowest BCUT2D eigenvalue weighted by Crippen LogP contribution is -2.14. The molecule has 7 heteroatoms. The smallest absolute Gasteiger partial charge is 0.337 e. The molecule has 0 aliphatic carbocycles. The third-order valence-electron chi connectivity index (χ3n) is 5.89. The number of aryl methyl sites for hydroxylation is 2. The second-order valence-electron chi connectivity index (χ2n) is 8.48. The quantitative estimate of drug-likeness (QED) is 0.410. The Balaban J connectivity index is 1.53. The maximum atomic E-state index is 11.7. The predicted octanol–water partition coefficient (Wildman–Crippen LogP) is 5.59. The number of anilines is 1. The highest BCUT2D eigenvalue weighted by molar-refractivity contribution is 5.94. The van der Waals surface area contributed by atoms with E-state index in [1.165, 1.54) is 0 Å². The van der Waals surface area contributed by atoms with Crippen molar-refractivity contribution in [2.75, 3.05) is 5.32 Å². The number of carbonyl (C=O) groups is 1. The number of nitrogens with one attached hydrogen (secondary N) is 1. The molecule has 4 aromatic rings. The Bertz CT molecular complexity index is 1500. The fourth-order valence-electron chi connectivity index (χ4n) is 4.27. The normalized spacial score (nSPS) is 13.7. The molecule has 1 aliphatic rings. The van der Waals surface area contributed by atoms with Gasteiger partial charge in [-0.05, 0) is 67.5 Å². The van der Waals surface area contributed by atoms with Gasteiger partial charge in [-0.25, -0.2) is 4.79 Å². The highest BCUT2D eigenvalue weighted by Crippen LogP contribution is 2.42. The topological polar surface area (TPSA) is 89.3 Å². The molecule has 0 amide bonds. The fraction of sp³-hybridized carbons (Fsp3) is 0.148. The lowest BCUT2D eigenvalue weighted by atomic mass is 9.93. The van der Waals surface area contributed by atoms with Crippen LogP contribution in [0.15, 0.2) is 67.3 Å². The van der Waals surface area contributed by atoms with Crippen molar-refractivity contribution in [3.8, 4) is 5.75 Å². The van der Waals surface area contributed by atoms with Crippen LogP contribution in [0, 0.1) is 6.92 Å². The molecule has 170 valence electrons. The molecular weight excluding hydrogens is 428 g/mol. The van der Waals surface area contributed by atoms with Gasteiger partial charge in [0.1, 0.15) is 22.5 Å². The first kappa shape index (κ1) is 21.5. The van der Waals surface area contributed by atoms with E-state index < -0.39 is 5.97 Å². The van der Waals surface area contributed by atoms with Gasteiger partial charge in [0.05, 0.1) is 11.6 Å². The highest BCUT2D eigenvalue weighted by Gasteiger charge is 2.24. The van der Waals surface area contributed by atoms with Gasteiger partial charge in [-0.15, -0.1) is 0 Å². The van der Waals surface area contributed by atoms with E-state index in [0.717, 1.165) is 38.9 Å². The van der Waals surface area contributed by atoms with Gasteiger partial charge >= 0.3 is 5.97 Å². The number of fused-ring (bicyclic) bond motifs is 2. The molecule has 0 saturated heterocycles. The predicted molar refractivity (Wildman–Crippen MR) is 133 cm³/mol. The zero-order chi connectivity index (χ0) is 24.0. The number of carboxylic acids is 1. The molecule has 5 rings (SSSR count). The summed E-state index contributed by atoms with van der Waals surface area (Å²) in [6, 6.07) is 16.6. The molecule has 0 saturated carbocycles. The zero-order valence-electron chi connectivity index (χ0n) is 19.2. The molecule has 1 aliphatic heterocycles. The number of nitrogens with zero attached hydrogens (tertiary/aromatic N) is 3. The SMILES string of the molecule is C=C1C=C(c2ccc3nn(C)nc3c2)Oc2c1cc(C)cc2C(C)Nc1ccccc1C(=O)O. The highest BCUT2D eigenvalue weighted by atomic mass is 16.5. The first-order chi connectivity index (χ1) is 16.3. The van der Waals surface area contributed by atoms with Gasteiger partial charge in [0.25, 0.3) is 0 Å². The van der Waals surface area contributed by atoms with E-state index in [1.807, 2.05) is 44.2 Å². The van der Waals surface area contributed by atoms with Gasteiger partial charge in [0.15, 0.2) is 0 Å². The second kappa shape index (κ2) is 8.19. The van der Waals surface area contributed by atoms with Crippen LogP contribution in [0.5, 0.6) is 5.75 Å². The van der Waals surface area contributed by atoms with E-state index in [4.69, 9.17) is 4.74 Å². The zero-order valence-corrected chi connectivity index (χ0v) is 19.2. The molecule has 1 aromatic heterocycles. The number of hydrogen-bond donors (Lipinski definition) is 2. The van der Waals surface area contributed by atoms with Crippen LogP contribution >= 0.6 is 0 Å². The van der Waals surface area contributed by atoms with E-state index in [-0.39, 0.29) is 11.6 Å². The summed E-state index contributed by atoms with van der Waals surface area (Å²) >= 11 is 0. The molecular formula is C27H24N4O3. The number of benzene rings is 3. The third-order valence-corrected chi connectivity index (χ3v) is 5.89. The lowest BCUT2D eigenvalue weighted by Gasteiger charge is -2.27. The van der Waals surface area contributed by atoms with Crippen LogP contribution in [0.1, 0.15) is 45.6 Å². The summed E-state index contributed by atoms with van der Waals surface area (Å²) in [6.07, 6.45) is 1.93. The van der Waals surface area contributed by atoms with Gasteiger partial charge in [0, 0.05) is 29.4 Å². The maximum Gasteiger partial charge on any atom is 0.337 e. The van der Waals surface area contributed by atoms with Crippen LogP contribution in [0.25, 0.3) is 22.4 Å². The van der Waals surface area contributed by atoms with E-state index in [0.29, 0.717) is 17.2 Å². The summed E-state index contributed by atoms with van der Waals surface area (Å²) in [5.74, 6) is 0.407. The van der Waals surface area contributed by atoms with Crippen molar-refractivity contribution >= 4 is 34.0 Å². The molecule has 1 unspecified atom stereocenters. The molecule has 0 fully saturated rings. The molecule has 0 bridgehead atoms. The first-order valence-electron chi connectivity index (χ1n) is 10.9. The number of aromatic nitrogens is 3. The minimum absolute atomic E-state index is 0.219. The summed E-state index contributed by atoms with van der Waals surface area (Å²) < 4.78 is 6.46. The summed E-state index contributed by atoms with van der Waals surface area (Å²) in [5.41, 5.74) is 6.99. The summed E-state index contributed by atoms with van der Waals surface area (Å²) in [4.78, 5) is 13.2. The number of allylic oxidation sites excluding steroid dienone is 2. The monoisotopic (exact) mass is 452 g/mol. The second-order valence-corrected chi connectivity index (χ2v) is 8.48. The Morgan fingerprint density at radius 1 is 1.12 bits per heavy atom. The van der Waals surface area contributed by atoms with Crippen LogP contribution in [0.2, 0.25) is 0 Å². The molecule has 2 heterocycles. The minimum atomic E-state index is -0.976. The first-order valence-corrected chi connectivity index (χ1v) is 10.9. The molecule has 1 atom stereocenters. The van der Waals surface area contributed by atoms with Crippen LogP contribution in [0.4, 0.5) is 5.69 Å². The van der Waals surface area contributed by atoms with E-state index >= 15 is 0 Å². The van der Waals surface area contributed by atoms with Crippen LogP contribution in [0.3, 0.4) is 0 Å². The van der Waals surface area contributed by atoms with Crippen molar-refractivity contribution < 1.29 is 14.6 Å². The molecule has 3 aromatic carbocycles. The van der Waals surface area contributed by atoms with Crippen LogP contribution < -0.4 is 10.1 Å². The Morgan fingerprint density at radius 3 is 2.68 bits per heavy atom. The van der Waals surface area contributed by atoms with E-state index in [9.17, 15) is 9.90 Å². The maximum absolute atomic E-state index is 11.7. The minimum Gasteiger partial charge on any atom is -0.478 e. The van der Waals surface area contributed by atoms with Crippen molar-refractivity contribution in [2.45, 2.75) is 19.9 Å². The van der Waals surface area contributed by atoms with Gasteiger partial charge in [-0.3, -0.25) is 0 Å². The number of hydrogen-bond acceptors (Lipinski definition) is 5. The third kappa shape index (κ3) is 3.81. The molecule has 0 radical (unpaired) electrons. The molecule has 34 heavy (non-hydrogen) atoms. The number of rotatable bonds is 5. The summed E-state index contributed by atoms with van der Waals surface area (Å²) in [7, 11) is 1.79. The van der Waals surface area contributed by atoms with Gasteiger partial charge in [0.2, 0.25) is 0 Å². The van der Waals surface area contributed by atoms with Crippen molar-refractivity contribution in [1.29, 1.82) is 0 Å². The van der Waals surface area contributed by atoms with Gasteiger partial charge in [-0.1, -0.05) is 24.8 Å². The molecule has 0 spiro atoms. The number of ether oxygens (including phenoxy) is 1. The number of carboxylic acid groups (broad SMARTS) is 1. The number of para-hydroxylation sites is 1. The van der Waals surface area contributed by atoms with Crippen molar-refractivity contribution in [3.63, 3.8) is 0 Å². The Labute approximate surface area is 197 Å². The van der Waals surface area contributed by atoms with E-state index in [1.54, 1.807) is 30.0 Å². The van der Waals surface area contributed by atoms with Crippen molar-refractivity contribution in [3.05, 3.63) is 95.1 Å². The van der Waals surface area contributed by atoms with Crippen molar-refractivity contribution in [2.24, 2.45) is 7.05 Å². The van der Waals surface area contributed by atoms with E-state index in [2.05, 4.69) is 34.2 Å². The largest absolute Gasteiger partial charge is 0.478 e. The average Bonchev–Trinajstić information content (AvgIpc) is 3.18. The lowest BCUT2D eigenvalue weighted by molar-refractivity contribution is 0.0698. The molecule has 2 N–H and O–H groups in total. The fourth-order valence-corrected chi connectivity index (χ4v) is 4.27. The summed E-state index contributed by atoms with van der Waals surface area (Å²) in [5, 5.41) is 21.6. The Kier molecular flexibility index (Phi) is 5.17. The Hall–Kier alpha value is -4.39. The average molecular weight is 453 g/mol. The van der Waals surface area contributed by atoms with Crippen molar-refractivity contribution in [1.82, 2.24) is 15.0 Å². The van der Waals surface area contributed by atoms with Crippen LogP contribution in [-0.2, 0) is 7.05 Å².